The summed E-state index contributed by atoms with van der Waals surface area (Å²) in [6, 6.07) is 13.1. The summed E-state index contributed by atoms with van der Waals surface area (Å²) in [6.45, 7) is 10.0. The summed E-state index contributed by atoms with van der Waals surface area (Å²) >= 11 is 0. The molecule has 0 N–H and O–H groups in total. The van der Waals surface area contributed by atoms with Crippen molar-refractivity contribution in [2.75, 3.05) is 18.0 Å². The number of anilines is 1. The fourth-order valence-corrected chi connectivity index (χ4v) is 4.61. The van der Waals surface area contributed by atoms with Gasteiger partial charge in [-0.15, -0.1) is 12.4 Å². The van der Waals surface area contributed by atoms with Crippen LogP contribution in [-0.4, -0.2) is 22.6 Å². The zero-order valence-corrected chi connectivity index (χ0v) is 18.1. The molecule has 2 aromatic heterocycles. The van der Waals surface area contributed by atoms with Crippen molar-refractivity contribution in [1.82, 2.24) is 9.55 Å². The molecule has 3 nitrogen and oxygen atoms in total. The van der Waals surface area contributed by atoms with Gasteiger partial charge in [0.15, 0.2) is 5.82 Å². The highest BCUT2D eigenvalue weighted by Crippen LogP contribution is 2.34. The van der Waals surface area contributed by atoms with Gasteiger partial charge in [0.2, 0.25) is 0 Å². The Kier molecular flexibility index (Phi) is 6.66. The lowest BCUT2D eigenvalue weighted by Gasteiger charge is -2.33. The normalized spacial score (nSPS) is 15.0. The van der Waals surface area contributed by atoms with Crippen LogP contribution in [0.4, 0.5) is 5.82 Å². The first-order valence-electron chi connectivity index (χ1n) is 10.4. The lowest BCUT2D eigenvalue weighted by molar-refractivity contribution is 0.402. The van der Waals surface area contributed by atoms with Crippen LogP contribution < -0.4 is 4.90 Å². The third-order valence-electron chi connectivity index (χ3n) is 6.25. The summed E-state index contributed by atoms with van der Waals surface area (Å²) in [5, 5.41) is 1.37. The number of aromatic nitrogens is 2. The van der Waals surface area contributed by atoms with Gasteiger partial charge in [-0.1, -0.05) is 37.3 Å². The van der Waals surface area contributed by atoms with Crippen LogP contribution >= 0.6 is 12.4 Å². The molecule has 3 heterocycles. The van der Waals surface area contributed by atoms with Crippen LogP contribution in [0.2, 0.25) is 0 Å². The smallest absolute Gasteiger partial charge is 0.153 e. The minimum atomic E-state index is 0. The first-order valence-corrected chi connectivity index (χ1v) is 10.4. The first kappa shape index (κ1) is 20.7. The van der Waals surface area contributed by atoms with Crippen LogP contribution in [0.1, 0.15) is 43.0 Å². The second-order valence-electron chi connectivity index (χ2n) is 8.01. The van der Waals surface area contributed by atoms with Crippen molar-refractivity contribution in [2.45, 2.75) is 53.0 Å². The number of hydrogen-bond acceptors (Lipinski definition) is 2. The molecule has 0 unspecified atom stereocenters. The third-order valence-corrected chi connectivity index (χ3v) is 6.25. The Bertz CT molecular complexity index is 908. The van der Waals surface area contributed by atoms with E-state index in [0.29, 0.717) is 0 Å². The number of aryl methyl sites for hydroxylation is 2. The molecule has 3 aromatic rings. The van der Waals surface area contributed by atoms with Crippen molar-refractivity contribution in [1.29, 1.82) is 0 Å². The molecule has 0 bridgehead atoms. The van der Waals surface area contributed by atoms with E-state index in [0.717, 1.165) is 32.0 Å². The van der Waals surface area contributed by atoms with Crippen molar-refractivity contribution in [2.24, 2.45) is 5.92 Å². The van der Waals surface area contributed by atoms with Gasteiger partial charge in [-0.3, -0.25) is 0 Å². The highest BCUT2D eigenvalue weighted by molar-refractivity contribution is 5.93. The molecule has 1 aliphatic heterocycles. The van der Waals surface area contributed by atoms with E-state index >= 15 is 0 Å². The van der Waals surface area contributed by atoms with Crippen molar-refractivity contribution in [3.8, 4) is 0 Å². The maximum absolute atomic E-state index is 4.84. The zero-order chi connectivity index (χ0) is 18.8. The predicted molar refractivity (Wildman–Crippen MR) is 122 cm³/mol. The van der Waals surface area contributed by atoms with Gasteiger partial charge >= 0.3 is 0 Å². The van der Waals surface area contributed by atoms with Crippen LogP contribution in [0.15, 0.2) is 42.6 Å². The van der Waals surface area contributed by atoms with Gasteiger partial charge in [0, 0.05) is 36.9 Å². The first-order chi connectivity index (χ1) is 13.2. The van der Waals surface area contributed by atoms with Crippen molar-refractivity contribution in [3.63, 3.8) is 0 Å². The monoisotopic (exact) mass is 397 g/mol. The van der Waals surface area contributed by atoms with Gasteiger partial charge in [0.1, 0.15) is 0 Å². The fraction of sp³-hybridized carbons (Fsp3) is 0.458. The summed E-state index contributed by atoms with van der Waals surface area (Å²) < 4.78 is 2.49. The second-order valence-corrected chi connectivity index (χ2v) is 8.01. The Morgan fingerprint density at radius 1 is 1.04 bits per heavy atom. The van der Waals surface area contributed by atoms with Crippen LogP contribution in [-0.2, 0) is 13.0 Å². The molecule has 4 heteroatoms. The molecule has 1 aromatic carbocycles. The van der Waals surface area contributed by atoms with E-state index in [-0.39, 0.29) is 12.4 Å². The molecule has 0 atom stereocenters. The van der Waals surface area contributed by atoms with E-state index in [1.165, 1.54) is 52.8 Å². The number of fused-ring (bicyclic) bond motifs is 1. The lowest BCUT2D eigenvalue weighted by Crippen LogP contribution is -2.35. The second kappa shape index (κ2) is 9.00. The van der Waals surface area contributed by atoms with E-state index < -0.39 is 0 Å². The lowest BCUT2D eigenvalue weighted by atomic mass is 9.90. The van der Waals surface area contributed by atoms with E-state index in [4.69, 9.17) is 4.98 Å². The summed E-state index contributed by atoms with van der Waals surface area (Å²) in [6.07, 6.45) is 6.85. The molecule has 1 aliphatic rings. The van der Waals surface area contributed by atoms with E-state index in [1.807, 2.05) is 6.20 Å². The van der Waals surface area contributed by atoms with Gasteiger partial charge in [0.05, 0.1) is 5.52 Å². The maximum Gasteiger partial charge on any atom is 0.153 e. The van der Waals surface area contributed by atoms with E-state index in [9.17, 15) is 0 Å². The molecule has 0 saturated carbocycles. The molecule has 28 heavy (non-hydrogen) atoms. The van der Waals surface area contributed by atoms with E-state index in [2.05, 4.69) is 66.6 Å². The molecule has 150 valence electrons. The van der Waals surface area contributed by atoms with Crippen molar-refractivity contribution >= 4 is 29.1 Å². The summed E-state index contributed by atoms with van der Waals surface area (Å²) in [4.78, 5) is 7.36. The summed E-state index contributed by atoms with van der Waals surface area (Å²) in [5.74, 6) is 1.98. The fourth-order valence-electron chi connectivity index (χ4n) is 4.61. The average Bonchev–Trinajstić information content (AvgIpc) is 2.95. The van der Waals surface area contributed by atoms with Gasteiger partial charge < -0.3 is 9.47 Å². The molecule has 0 amide bonds. The largest absolute Gasteiger partial charge is 0.355 e. The maximum atomic E-state index is 4.84. The number of halogens is 1. The predicted octanol–water partition coefficient (Wildman–Crippen LogP) is 5.94. The number of rotatable bonds is 5. The minimum absolute atomic E-state index is 0. The van der Waals surface area contributed by atoms with E-state index in [1.54, 1.807) is 0 Å². The van der Waals surface area contributed by atoms with Gasteiger partial charge in [-0.2, -0.15) is 0 Å². The Balaban J connectivity index is 0.00000225. The summed E-state index contributed by atoms with van der Waals surface area (Å²) in [5.41, 5.74) is 5.61. The molecule has 0 aliphatic carbocycles. The highest BCUT2D eigenvalue weighted by Gasteiger charge is 2.24. The van der Waals surface area contributed by atoms with Crippen LogP contribution in [0.5, 0.6) is 0 Å². The number of hydrogen-bond donors (Lipinski definition) is 0. The molecule has 0 radical (unpaired) electrons. The average molecular weight is 398 g/mol. The van der Waals surface area contributed by atoms with Gasteiger partial charge in [-0.25, -0.2) is 4.98 Å². The molecule has 1 saturated heterocycles. The van der Waals surface area contributed by atoms with Crippen LogP contribution in [0.25, 0.3) is 10.9 Å². The topological polar surface area (TPSA) is 21.1 Å². The number of nitrogens with zero attached hydrogens (tertiary/aromatic N) is 3. The minimum Gasteiger partial charge on any atom is -0.355 e. The Hall–Kier alpha value is -2.00. The number of pyridine rings is 1. The van der Waals surface area contributed by atoms with Crippen LogP contribution in [0, 0.1) is 19.8 Å². The molecule has 0 spiro atoms. The molecule has 1 fully saturated rings. The Morgan fingerprint density at radius 2 is 1.75 bits per heavy atom. The quantitative estimate of drug-likeness (QED) is 0.530. The Labute approximate surface area is 175 Å². The van der Waals surface area contributed by atoms with Gasteiger partial charge in [-0.05, 0) is 62.6 Å². The van der Waals surface area contributed by atoms with Crippen molar-refractivity contribution in [3.05, 3.63) is 59.4 Å². The number of piperidine rings is 1. The van der Waals surface area contributed by atoms with Crippen LogP contribution in [0.3, 0.4) is 0 Å². The Morgan fingerprint density at radius 3 is 2.43 bits per heavy atom. The highest BCUT2D eigenvalue weighted by atomic mass is 35.5. The van der Waals surface area contributed by atoms with Gasteiger partial charge in [0.25, 0.3) is 0 Å². The summed E-state index contributed by atoms with van der Waals surface area (Å²) in [7, 11) is 0. The third kappa shape index (κ3) is 3.91. The standard InChI is InChI=1S/C24H31N3.ClH/c1-4-14-27-19(3)18(2)22-10-13-25-24(23(22)27)26-15-11-21(12-16-26)17-20-8-6-5-7-9-20;/h5-10,13,21H,4,11-12,14-17H2,1-3H3;1H. The molecule has 4 rings (SSSR count). The van der Waals surface area contributed by atoms with Crippen molar-refractivity contribution < 1.29 is 0 Å². The number of benzene rings is 1. The SMILES string of the molecule is CCCn1c(C)c(C)c2ccnc(N3CCC(Cc4ccccc4)CC3)c21.Cl. The molecular formula is C24H32ClN3. The molecular weight excluding hydrogens is 366 g/mol. The zero-order valence-electron chi connectivity index (χ0n) is 17.3.